The van der Waals surface area contributed by atoms with Crippen molar-refractivity contribution in [1.82, 2.24) is 4.90 Å². The second-order valence-corrected chi connectivity index (χ2v) is 5.84. The van der Waals surface area contributed by atoms with Gasteiger partial charge < -0.3 is 10.6 Å². The Balaban J connectivity index is 2.40. The normalized spacial score (nSPS) is 24.6. The smallest absolute Gasteiger partial charge is 0.274 e. The van der Waals surface area contributed by atoms with Gasteiger partial charge >= 0.3 is 0 Å². The summed E-state index contributed by atoms with van der Waals surface area (Å²) in [5.41, 5.74) is 7.27. The predicted molar refractivity (Wildman–Crippen MR) is 79.5 cm³/mol. The molecule has 1 saturated carbocycles. The minimum atomic E-state index is -0.291. The van der Waals surface area contributed by atoms with Crippen molar-refractivity contribution in [3.63, 3.8) is 0 Å². The second kappa shape index (κ2) is 6.33. The zero-order valence-corrected chi connectivity index (χ0v) is 12.2. The first-order valence-corrected chi connectivity index (χ1v) is 7.17. The van der Waals surface area contributed by atoms with Crippen LogP contribution in [0.1, 0.15) is 37.3 Å². The first-order chi connectivity index (χ1) is 9.52. The van der Waals surface area contributed by atoms with Gasteiger partial charge in [-0.05, 0) is 32.9 Å². The molecule has 1 aliphatic rings. The van der Waals surface area contributed by atoms with Crippen molar-refractivity contribution in [2.75, 3.05) is 14.1 Å². The van der Waals surface area contributed by atoms with Crippen LogP contribution >= 0.6 is 0 Å². The Hall–Kier alpha value is -1.46. The Kier molecular flexibility index (Phi) is 4.73. The monoisotopic (exact) mass is 277 g/mol. The summed E-state index contributed by atoms with van der Waals surface area (Å²) in [6.07, 6.45) is 4.36. The maximum atomic E-state index is 11.3. The number of nitrogens with two attached hydrogens (primary N) is 1. The van der Waals surface area contributed by atoms with E-state index in [1.165, 1.54) is 0 Å². The molecule has 3 atom stereocenters. The highest BCUT2D eigenvalue weighted by molar-refractivity contribution is 5.42. The second-order valence-electron chi connectivity index (χ2n) is 5.84. The quantitative estimate of drug-likeness (QED) is 0.678. The Morgan fingerprint density at radius 1 is 1.30 bits per heavy atom. The number of nitro benzene ring substituents is 1. The maximum absolute atomic E-state index is 11.3. The van der Waals surface area contributed by atoms with Crippen LogP contribution in [0.3, 0.4) is 0 Å². The third kappa shape index (κ3) is 2.99. The van der Waals surface area contributed by atoms with Crippen LogP contribution in [-0.2, 0) is 0 Å². The molecule has 0 aromatic heterocycles. The zero-order valence-electron chi connectivity index (χ0n) is 12.2. The van der Waals surface area contributed by atoms with Gasteiger partial charge in [-0.2, -0.15) is 0 Å². The van der Waals surface area contributed by atoms with Crippen LogP contribution in [0.5, 0.6) is 0 Å². The Bertz CT molecular complexity index is 476. The maximum Gasteiger partial charge on any atom is 0.274 e. The molecular formula is C15H23N3O2. The summed E-state index contributed by atoms with van der Waals surface area (Å²) >= 11 is 0. The van der Waals surface area contributed by atoms with E-state index in [0.29, 0.717) is 0 Å². The van der Waals surface area contributed by atoms with Crippen LogP contribution in [0.25, 0.3) is 0 Å². The zero-order chi connectivity index (χ0) is 14.7. The molecule has 0 radical (unpaired) electrons. The number of rotatable bonds is 4. The van der Waals surface area contributed by atoms with Gasteiger partial charge in [0.2, 0.25) is 0 Å². The molecule has 20 heavy (non-hydrogen) atoms. The number of nitrogens with zero attached hydrogens (tertiary/aromatic N) is 2. The molecule has 1 aliphatic carbocycles. The molecular weight excluding hydrogens is 254 g/mol. The average Bonchev–Trinajstić information content (AvgIpc) is 2.41. The molecule has 2 rings (SSSR count). The highest BCUT2D eigenvalue weighted by atomic mass is 16.6. The number of benzene rings is 1. The largest absolute Gasteiger partial charge is 0.327 e. The molecule has 1 aromatic rings. The number of hydrogen-bond donors (Lipinski definition) is 1. The van der Waals surface area contributed by atoms with E-state index in [0.717, 1.165) is 31.2 Å². The van der Waals surface area contributed by atoms with E-state index in [1.807, 2.05) is 26.2 Å². The van der Waals surface area contributed by atoms with Crippen LogP contribution in [0.15, 0.2) is 24.3 Å². The standard InChI is InChI=1S/C15H23N3O2/c1-17(2)15(11-7-3-5-9-13(11)16)12-8-4-6-10-14(12)18(19)20/h4,6,8,10-11,13,15H,3,5,7,9,16H2,1-2H3/t11-,13+,15+/m0/s1. The van der Waals surface area contributed by atoms with Gasteiger partial charge in [0.15, 0.2) is 0 Å². The molecule has 0 spiro atoms. The topological polar surface area (TPSA) is 72.4 Å². The summed E-state index contributed by atoms with van der Waals surface area (Å²) in [6.45, 7) is 0. The van der Waals surface area contributed by atoms with Gasteiger partial charge in [0.1, 0.15) is 0 Å². The van der Waals surface area contributed by atoms with Crippen molar-refractivity contribution >= 4 is 5.69 Å². The molecule has 1 fully saturated rings. The van der Waals surface area contributed by atoms with Crippen molar-refractivity contribution < 1.29 is 4.92 Å². The van der Waals surface area contributed by atoms with Crippen molar-refractivity contribution in [3.05, 3.63) is 39.9 Å². The molecule has 0 bridgehead atoms. The van der Waals surface area contributed by atoms with E-state index in [1.54, 1.807) is 12.1 Å². The summed E-state index contributed by atoms with van der Waals surface area (Å²) in [5, 5.41) is 11.3. The lowest BCUT2D eigenvalue weighted by Crippen LogP contribution is -2.41. The molecule has 0 aliphatic heterocycles. The van der Waals surface area contributed by atoms with Gasteiger partial charge in [-0.25, -0.2) is 0 Å². The highest BCUT2D eigenvalue weighted by Crippen LogP contribution is 2.39. The van der Waals surface area contributed by atoms with Gasteiger partial charge in [0, 0.05) is 23.7 Å². The summed E-state index contributed by atoms with van der Waals surface area (Å²) in [4.78, 5) is 13.0. The fourth-order valence-electron chi connectivity index (χ4n) is 3.38. The Morgan fingerprint density at radius 2 is 1.95 bits per heavy atom. The lowest BCUT2D eigenvalue weighted by molar-refractivity contribution is -0.386. The van der Waals surface area contributed by atoms with E-state index in [2.05, 4.69) is 4.90 Å². The molecule has 0 unspecified atom stereocenters. The van der Waals surface area contributed by atoms with E-state index >= 15 is 0 Å². The van der Waals surface area contributed by atoms with Gasteiger partial charge in [-0.15, -0.1) is 0 Å². The van der Waals surface area contributed by atoms with Crippen LogP contribution in [0.2, 0.25) is 0 Å². The van der Waals surface area contributed by atoms with Gasteiger partial charge in [-0.1, -0.05) is 31.0 Å². The average molecular weight is 277 g/mol. The van der Waals surface area contributed by atoms with Crippen LogP contribution in [-0.4, -0.2) is 30.0 Å². The van der Waals surface area contributed by atoms with Crippen molar-refractivity contribution in [2.24, 2.45) is 11.7 Å². The summed E-state index contributed by atoms with van der Waals surface area (Å²) in [7, 11) is 3.95. The van der Waals surface area contributed by atoms with E-state index in [-0.39, 0.29) is 28.6 Å². The van der Waals surface area contributed by atoms with E-state index in [9.17, 15) is 10.1 Å². The molecule has 110 valence electrons. The molecule has 5 nitrogen and oxygen atoms in total. The van der Waals surface area contributed by atoms with Crippen LogP contribution in [0.4, 0.5) is 5.69 Å². The van der Waals surface area contributed by atoms with Gasteiger partial charge in [0.05, 0.1) is 4.92 Å². The SMILES string of the molecule is CN(C)[C@@H](c1ccccc1[N+](=O)[O-])[C@H]1CCCC[C@H]1N. The summed E-state index contributed by atoms with van der Waals surface area (Å²) in [6, 6.07) is 7.16. The molecule has 0 heterocycles. The first-order valence-electron chi connectivity index (χ1n) is 7.17. The third-order valence-electron chi connectivity index (χ3n) is 4.29. The Labute approximate surface area is 119 Å². The van der Waals surface area contributed by atoms with Crippen molar-refractivity contribution in [2.45, 2.75) is 37.8 Å². The van der Waals surface area contributed by atoms with E-state index in [4.69, 9.17) is 5.73 Å². The van der Waals surface area contributed by atoms with Gasteiger partial charge in [0.25, 0.3) is 5.69 Å². The lowest BCUT2D eigenvalue weighted by Gasteiger charge is -2.38. The molecule has 2 N–H and O–H groups in total. The number of nitro groups is 1. The fourth-order valence-corrected chi connectivity index (χ4v) is 3.38. The third-order valence-corrected chi connectivity index (χ3v) is 4.29. The van der Waals surface area contributed by atoms with Crippen molar-refractivity contribution in [1.29, 1.82) is 0 Å². The van der Waals surface area contributed by atoms with Crippen LogP contribution in [0, 0.1) is 16.0 Å². The first kappa shape index (κ1) is 14.9. The van der Waals surface area contributed by atoms with E-state index < -0.39 is 0 Å². The fraction of sp³-hybridized carbons (Fsp3) is 0.600. The number of hydrogen-bond acceptors (Lipinski definition) is 4. The predicted octanol–water partition coefficient (Wildman–Crippen LogP) is 2.71. The molecule has 1 aromatic carbocycles. The molecule has 0 saturated heterocycles. The number of para-hydroxylation sites is 1. The van der Waals surface area contributed by atoms with Crippen molar-refractivity contribution in [3.8, 4) is 0 Å². The summed E-state index contributed by atoms with van der Waals surface area (Å²) < 4.78 is 0. The lowest BCUT2D eigenvalue weighted by atomic mass is 9.77. The van der Waals surface area contributed by atoms with Gasteiger partial charge in [-0.3, -0.25) is 10.1 Å². The van der Waals surface area contributed by atoms with Crippen LogP contribution < -0.4 is 5.73 Å². The highest BCUT2D eigenvalue weighted by Gasteiger charge is 2.35. The molecule has 5 heteroatoms. The summed E-state index contributed by atoms with van der Waals surface area (Å²) in [5.74, 6) is 0.278. The minimum absolute atomic E-state index is 0.00639. The Morgan fingerprint density at radius 3 is 2.55 bits per heavy atom. The minimum Gasteiger partial charge on any atom is -0.327 e. The molecule has 0 amide bonds.